The molecular weight excluding hydrogens is 384 g/mol. The van der Waals surface area contributed by atoms with Gasteiger partial charge in [0, 0.05) is 23.0 Å². The van der Waals surface area contributed by atoms with E-state index in [2.05, 4.69) is 6.58 Å². The Bertz CT molecular complexity index is 982. The molecular formula is C24H28O6. The number of aryl methyl sites for hydroxylation is 1. The van der Waals surface area contributed by atoms with Crippen LogP contribution in [0.3, 0.4) is 0 Å². The lowest BCUT2D eigenvalue weighted by molar-refractivity contribution is -0.208. The number of aromatic hydroxyl groups is 2. The van der Waals surface area contributed by atoms with E-state index in [4.69, 9.17) is 4.74 Å². The van der Waals surface area contributed by atoms with Crippen molar-refractivity contribution in [2.24, 2.45) is 5.92 Å². The third kappa shape index (κ3) is 3.03. The number of phenolic OH excluding ortho intramolecular Hbond substituents is 2. The van der Waals surface area contributed by atoms with Crippen molar-refractivity contribution in [2.75, 3.05) is 6.61 Å². The first kappa shape index (κ1) is 20.9. The van der Waals surface area contributed by atoms with E-state index in [1.807, 2.05) is 19.1 Å². The van der Waals surface area contributed by atoms with Crippen LogP contribution in [0.2, 0.25) is 0 Å². The van der Waals surface area contributed by atoms with Gasteiger partial charge in [0.25, 0.3) is 0 Å². The van der Waals surface area contributed by atoms with Gasteiger partial charge in [0.2, 0.25) is 0 Å². The molecule has 0 spiro atoms. The molecule has 160 valence electrons. The van der Waals surface area contributed by atoms with Crippen molar-refractivity contribution in [3.8, 4) is 11.5 Å². The van der Waals surface area contributed by atoms with Crippen LogP contribution < -0.4 is 0 Å². The fourth-order valence-electron chi connectivity index (χ4n) is 4.94. The highest BCUT2D eigenvalue weighted by atomic mass is 16.5. The van der Waals surface area contributed by atoms with E-state index in [0.717, 1.165) is 16.7 Å². The molecule has 4 rings (SSSR count). The summed E-state index contributed by atoms with van der Waals surface area (Å²) in [6.07, 6.45) is -3.09. The number of benzene rings is 2. The Morgan fingerprint density at radius 3 is 2.37 bits per heavy atom. The fourth-order valence-corrected chi connectivity index (χ4v) is 4.94. The number of ether oxygens (including phenoxy) is 1. The monoisotopic (exact) mass is 412 g/mol. The van der Waals surface area contributed by atoms with Crippen molar-refractivity contribution in [1.29, 1.82) is 0 Å². The Morgan fingerprint density at radius 2 is 1.70 bits per heavy atom. The van der Waals surface area contributed by atoms with Crippen LogP contribution in [0.15, 0.2) is 36.9 Å². The van der Waals surface area contributed by atoms with Crippen LogP contribution >= 0.6 is 0 Å². The van der Waals surface area contributed by atoms with Crippen molar-refractivity contribution >= 4 is 5.57 Å². The van der Waals surface area contributed by atoms with Gasteiger partial charge in [-0.25, -0.2) is 0 Å². The van der Waals surface area contributed by atoms with E-state index in [-0.39, 0.29) is 11.5 Å². The molecule has 0 bridgehead atoms. The van der Waals surface area contributed by atoms with Gasteiger partial charge in [-0.1, -0.05) is 38.6 Å². The van der Waals surface area contributed by atoms with Crippen molar-refractivity contribution < 1.29 is 30.3 Å². The van der Waals surface area contributed by atoms with Gasteiger partial charge in [0.05, 0.1) is 18.8 Å². The SMILES string of the molecule is C=C1c2c(O)cccc2C(C2OC(CO)C(O)C(O)C2C)c2cc(CC)cc(O)c21. The zero-order valence-electron chi connectivity index (χ0n) is 17.1. The average Bonchev–Trinajstić information content (AvgIpc) is 2.73. The molecule has 2 aliphatic rings. The van der Waals surface area contributed by atoms with Crippen molar-refractivity contribution in [1.82, 2.24) is 0 Å². The van der Waals surface area contributed by atoms with E-state index in [1.54, 1.807) is 25.1 Å². The van der Waals surface area contributed by atoms with Crippen molar-refractivity contribution in [3.05, 3.63) is 64.7 Å². The molecule has 2 aromatic carbocycles. The van der Waals surface area contributed by atoms with E-state index in [0.29, 0.717) is 23.1 Å². The van der Waals surface area contributed by atoms with Crippen LogP contribution in [0, 0.1) is 5.92 Å². The van der Waals surface area contributed by atoms with Gasteiger partial charge >= 0.3 is 0 Å². The molecule has 6 atom stereocenters. The minimum atomic E-state index is -1.20. The highest BCUT2D eigenvalue weighted by Crippen LogP contribution is 2.52. The maximum absolute atomic E-state index is 10.8. The quantitative estimate of drug-likeness (QED) is 0.529. The highest BCUT2D eigenvalue weighted by Gasteiger charge is 2.48. The maximum atomic E-state index is 10.8. The van der Waals surface area contributed by atoms with Crippen LogP contribution in [0.4, 0.5) is 0 Å². The Morgan fingerprint density at radius 1 is 1.00 bits per heavy atom. The second kappa shape index (κ2) is 7.71. The summed E-state index contributed by atoms with van der Waals surface area (Å²) in [6, 6.07) is 8.89. The first-order chi connectivity index (χ1) is 14.3. The minimum absolute atomic E-state index is 0.0508. The summed E-state index contributed by atoms with van der Waals surface area (Å²) >= 11 is 0. The molecule has 30 heavy (non-hydrogen) atoms. The second-order valence-corrected chi connectivity index (χ2v) is 8.29. The van der Waals surface area contributed by atoms with Gasteiger partial charge in [-0.3, -0.25) is 0 Å². The van der Waals surface area contributed by atoms with E-state index in [1.165, 1.54) is 0 Å². The molecule has 5 N–H and O–H groups in total. The zero-order chi connectivity index (χ0) is 21.7. The van der Waals surface area contributed by atoms with E-state index in [9.17, 15) is 25.5 Å². The van der Waals surface area contributed by atoms with Crippen molar-refractivity contribution in [3.63, 3.8) is 0 Å². The Labute approximate surface area is 175 Å². The maximum Gasteiger partial charge on any atom is 0.123 e. The molecule has 6 unspecified atom stereocenters. The number of phenols is 2. The predicted molar refractivity (Wildman–Crippen MR) is 112 cm³/mol. The molecule has 1 aliphatic carbocycles. The molecule has 0 saturated carbocycles. The molecule has 1 fully saturated rings. The summed E-state index contributed by atoms with van der Waals surface area (Å²) in [5.74, 6) is -0.767. The molecule has 0 aromatic heterocycles. The number of aliphatic hydroxyl groups excluding tert-OH is 3. The fraction of sp³-hybridized carbons (Fsp3) is 0.417. The summed E-state index contributed by atoms with van der Waals surface area (Å²) in [5, 5.41) is 52.1. The van der Waals surface area contributed by atoms with E-state index >= 15 is 0 Å². The van der Waals surface area contributed by atoms with Gasteiger partial charge in [0.1, 0.15) is 23.7 Å². The summed E-state index contributed by atoms with van der Waals surface area (Å²) in [7, 11) is 0. The predicted octanol–water partition coefficient (Wildman–Crippen LogP) is 2.28. The number of aliphatic hydroxyl groups is 3. The third-order valence-corrected chi connectivity index (χ3v) is 6.59. The molecule has 1 heterocycles. The molecule has 6 nitrogen and oxygen atoms in total. The van der Waals surface area contributed by atoms with Crippen molar-refractivity contribution in [2.45, 2.75) is 50.6 Å². The van der Waals surface area contributed by atoms with E-state index < -0.39 is 42.9 Å². The topological polar surface area (TPSA) is 110 Å². The molecule has 0 amide bonds. The number of hydrogen-bond donors (Lipinski definition) is 5. The lowest BCUT2D eigenvalue weighted by Gasteiger charge is -2.46. The van der Waals surface area contributed by atoms with Gasteiger partial charge < -0.3 is 30.3 Å². The van der Waals surface area contributed by atoms with Gasteiger partial charge in [-0.2, -0.15) is 0 Å². The van der Waals surface area contributed by atoms with Crippen LogP contribution in [0.5, 0.6) is 11.5 Å². The number of rotatable bonds is 3. The largest absolute Gasteiger partial charge is 0.507 e. The lowest BCUT2D eigenvalue weighted by Crippen LogP contribution is -2.56. The molecule has 1 saturated heterocycles. The van der Waals surface area contributed by atoms with Gasteiger partial charge in [0.15, 0.2) is 0 Å². The third-order valence-electron chi connectivity index (χ3n) is 6.59. The summed E-state index contributed by atoms with van der Waals surface area (Å²) in [5.41, 5.74) is 4.12. The second-order valence-electron chi connectivity index (χ2n) is 8.29. The Kier molecular flexibility index (Phi) is 5.36. The number of fused-ring (bicyclic) bond motifs is 2. The van der Waals surface area contributed by atoms with Gasteiger partial charge in [-0.15, -0.1) is 0 Å². The van der Waals surface area contributed by atoms with Crippen LogP contribution in [0.1, 0.15) is 47.6 Å². The zero-order valence-corrected chi connectivity index (χ0v) is 17.1. The summed E-state index contributed by atoms with van der Waals surface area (Å²) < 4.78 is 6.12. The normalized spacial score (nSPS) is 30.6. The minimum Gasteiger partial charge on any atom is -0.507 e. The number of hydrogen-bond acceptors (Lipinski definition) is 6. The molecule has 2 aromatic rings. The van der Waals surface area contributed by atoms with Gasteiger partial charge in [-0.05, 0) is 40.8 Å². The van der Waals surface area contributed by atoms with Crippen LogP contribution in [-0.4, -0.2) is 56.6 Å². The first-order valence-electron chi connectivity index (χ1n) is 10.3. The summed E-state index contributed by atoms with van der Waals surface area (Å²) in [6.45, 7) is 7.50. The molecule has 1 aliphatic heterocycles. The summed E-state index contributed by atoms with van der Waals surface area (Å²) in [4.78, 5) is 0. The highest BCUT2D eigenvalue weighted by molar-refractivity contribution is 5.90. The standard InChI is InChI=1S/C24H28O6/c1-4-13-8-15-20(17(27)9-13)11(2)19-14(6-5-7-16(19)26)21(15)24-12(3)22(28)23(29)18(10-25)30-24/h5-9,12,18,21-29H,2,4,10H2,1,3H3. The smallest absolute Gasteiger partial charge is 0.123 e. The molecule has 6 heteroatoms. The average molecular weight is 412 g/mol. The first-order valence-corrected chi connectivity index (χ1v) is 10.3. The Hall–Kier alpha value is -2.38. The lowest BCUT2D eigenvalue weighted by atomic mass is 9.68. The van der Waals surface area contributed by atoms with Crippen LogP contribution in [-0.2, 0) is 11.2 Å². The van der Waals surface area contributed by atoms with Crippen LogP contribution in [0.25, 0.3) is 5.57 Å². The molecule has 0 radical (unpaired) electrons. The Balaban J connectivity index is 1.96.